The average Bonchev–Trinajstić information content (AvgIpc) is 3.07. The number of H-pyrrole nitrogens is 1. The number of nitrogens with zero attached hydrogens (tertiary/aromatic N) is 1. The number of aromatic nitrogens is 1. The van der Waals surface area contributed by atoms with Crippen LogP contribution in [0.5, 0.6) is 0 Å². The van der Waals surface area contributed by atoms with Crippen LogP contribution in [-0.4, -0.2) is 37.3 Å². The van der Waals surface area contributed by atoms with Crippen LogP contribution in [0.4, 0.5) is 0 Å². The molecule has 1 aromatic rings. The molecule has 120 valence electrons. The molecule has 2 rings (SSSR count). The molecule has 0 atom stereocenters. The zero-order valence-electron chi connectivity index (χ0n) is 13.2. The summed E-state index contributed by atoms with van der Waals surface area (Å²) < 4.78 is 27.6. The molecule has 0 amide bonds. The second-order valence-corrected chi connectivity index (χ2v) is 8.19. The number of nitrogens with one attached hydrogen (secondary N) is 2. The zero-order valence-corrected chi connectivity index (χ0v) is 14.0. The van der Waals surface area contributed by atoms with E-state index < -0.39 is 10.0 Å². The Morgan fingerprint density at radius 1 is 1.38 bits per heavy atom. The van der Waals surface area contributed by atoms with Crippen LogP contribution >= 0.6 is 0 Å². The summed E-state index contributed by atoms with van der Waals surface area (Å²) in [4.78, 5) is 3.43. The van der Waals surface area contributed by atoms with Crippen LogP contribution in [-0.2, 0) is 16.6 Å². The molecule has 5 nitrogen and oxygen atoms in total. The molecule has 0 bridgehead atoms. The molecular weight excluding hydrogens is 286 g/mol. The van der Waals surface area contributed by atoms with Gasteiger partial charge in [0, 0.05) is 31.0 Å². The van der Waals surface area contributed by atoms with Gasteiger partial charge in [-0.15, -0.1) is 0 Å². The Balaban J connectivity index is 2.26. The summed E-state index contributed by atoms with van der Waals surface area (Å²) in [5.41, 5.74) is 0.895. The molecule has 1 heterocycles. The molecule has 0 aliphatic heterocycles. The summed E-state index contributed by atoms with van der Waals surface area (Å²) in [6, 6.07) is 1.91. The quantitative estimate of drug-likeness (QED) is 0.812. The largest absolute Gasteiger partial charge is 0.363 e. The molecule has 1 aromatic heterocycles. The van der Waals surface area contributed by atoms with Crippen molar-refractivity contribution in [2.24, 2.45) is 5.92 Å². The lowest BCUT2D eigenvalue weighted by Crippen LogP contribution is -2.41. The fraction of sp³-hybridized carbons (Fsp3) is 0.733. The third-order valence-corrected chi connectivity index (χ3v) is 5.86. The van der Waals surface area contributed by atoms with Gasteiger partial charge < -0.3 is 10.3 Å². The van der Waals surface area contributed by atoms with E-state index in [1.54, 1.807) is 16.6 Å². The first-order valence-electron chi connectivity index (χ1n) is 7.79. The summed E-state index contributed by atoms with van der Waals surface area (Å²) in [6.45, 7) is 5.38. The fourth-order valence-corrected chi connectivity index (χ4v) is 4.86. The molecule has 0 saturated heterocycles. The fourth-order valence-electron chi connectivity index (χ4n) is 2.99. The van der Waals surface area contributed by atoms with Crippen LogP contribution in [0.2, 0.25) is 0 Å². The van der Waals surface area contributed by atoms with E-state index in [4.69, 9.17) is 0 Å². The van der Waals surface area contributed by atoms with Crippen molar-refractivity contribution in [1.29, 1.82) is 0 Å². The minimum absolute atomic E-state index is 0.167. The predicted octanol–water partition coefficient (Wildman–Crippen LogP) is 2.32. The predicted molar refractivity (Wildman–Crippen MR) is 84.5 cm³/mol. The average molecular weight is 313 g/mol. The van der Waals surface area contributed by atoms with Crippen LogP contribution in [0.15, 0.2) is 17.2 Å². The maximum absolute atomic E-state index is 13.0. The Bertz CT molecular complexity index is 545. The lowest BCUT2D eigenvalue weighted by atomic mass is 10.2. The lowest BCUT2D eigenvalue weighted by molar-refractivity contribution is 0.292. The maximum Gasteiger partial charge on any atom is 0.244 e. The van der Waals surface area contributed by atoms with Crippen molar-refractivity contribution in [2.45, 2.75) is 57.0 Å². The Morgan fingerprint density at radius 2 is 2.05 bits per heavy atom. The summed E-state index contributed by atoms with van der Waals surface area (Å²) in [7, 11) is -1.56. The van der Waals surface area contributed by atoms with Crippen LogP contribution in [0, 0.1) is 5.92 Å². The summed E-state index contributed by atoms with van der Waals surface area (Å²) in [5, 5.41) is 3.03. The van der Waals surface area contributed by atoms with Crippen molar-refractivity contribution in [3.63, 3.8) is 0 Å². The highest BCUT2D eigenvalue weighted by Crippen LogP contribution is 2.29. The van der Waals surface area contributed by atoms with E-state index in [0.717, 1.165) is 31.4 Å². The van der Waals surface area contributed by atoms with Gasteiger partial charge in [0.1, 0.15) is 0 Å². The monoisotopic (exact) mass is 313 g/mol. The summed E-state index contributed by atoms with van der Waals surface area (Å²) in [6.07, 6.45) is 5.85. The van der Waals surface area contributed by atoms with E-state index in [0.29, 0.717) is 23.9 Å². The molecule has 6 heteroatoms. The topological polar surface area (TPSA) is 65.2 Å². The van der Waals surface area contributed by atoms with Crippen molar-refractivity contribution in [3.8, 4) is 0 Å². The van der Waals surface area contributed by atoms with Gasteiger partial charge in [0.25, 0.3) is 0 Å². The highest BCUT2D eigenvalue weighted by Gasteiger charge is 2.34. The molecule has 1 saturated carbocycles. The van der Waals surface area contributed by atoms with Crippen molar-refractivity contribution in [1.82, 2.24) is 14.6 Å². The zero-order chi connectivity index (χ0) is 15.5. The molecular formula is C15H27N3O2S. The van der Waals surface area contributed by atoms with Gasteiger partial charge >= 0.3 is 0 Å². The normalized spacial score (nSPS) is 17.2. The Hall–Kier alpha value is -0.850. The Labute approximate surface area is 128 Å². The standard InChI is InChI=1S/C15H27N3O2S/c1-12(2)11-18(14-6-4-5-7-14)21(19,20)15-8-13(9-16-3)17-10-15/h8,10,12,14,16-17H,4-7,9,11H2,1-3H3. The van der Waals surface area contributed by atoms with E-state index >= 15 is 0 Å². The molecule has 0 aromatic carbocycles. The first-order chi connectivity index (χ1) is 9.95. The van der Waals surface area contributed by atoms with Crippen LogP contribution in [0.1, 0.15) is 45.2 Å². The Morgan fingerprint density at radius 3 is 2.62 bits per heavy atom. The van der Waals surface area contributed by atoms with Gasteiger partial charge in [-0.25, -0.2) is 8.42 Å². The van der Waals surface area contributed by atoms with Crippen LogP contribution < -0.4 is 5.32 Å². The van der Waals surface area contributed by atoms with Gasteiger partial charge in [-0.1, -0.05) is 26.7 Å². The molecule has 1 aliphatic rings. The molecule has 1 fully saturated rings. The number of hydrogen-bond donors (Lipinski definition) is 2. The van der Waals surface area contributed by atoms with Gasteiger partial charge in [0.2, 0.25) is 10.0 Å². The van der Waals surface area contributed by atoms with Gasteiger partial charge in [0.05, 0.1) is 4.90 Å². The third-order valence-electron chi connectivity index (χ3n) is 3.97. The van der Waals surface area contributed by atoms with Gasteiger partial charge in [-0.2, -0.15) is 4.31 Å². The number of aromatic amines is 1. The second-order valence-electron chi connectivity index (χ2n) is 6.30. The number of sulfonamides is 1. The third kappa shape index (κ3) is 3.87. The summed E-state index contributed by atoms with van der Waals surface area (Å²) in [5.74, 6) is 0.330. The highest BCUT2D eigenvalue weighted by atomic mass is 32.2. The van der Waals surface area contributed by atoms with E-state index in [9.17, 15) is 8.42 Å². The molecule has 2 N–H and O–H groups in total. The second kappa shape index (κ2) is 6.94. The highest BCUT2D eigenvalue weighted by molar-refractivity contribution is 7.89. The Kier molecular flexibility index (Phi) is 5.46. The van der Waals surface area contributed by atoms with E-state index in [1.165, 1.54) is 0 Å². The SMILES string of the molecule is CNCc1cc(S(=O)(=O)N(CC(C)C)C2CCCC2)c[nH]1. The van der Waals surface area contributed by atoms with Crippen LogP contribution in [0.25, 0.3) is 0 Å². The first-order valence-corrected chi connectivity index (χ1v) is 9.23. The molecule has 0 spiro atoms. The van der Waals surface area contributed by atoms with Crippen molar-refractivity contribution < 1.29 is 8.42 Å². The molecule has 21 heavy (non-hydrogen) atoms. The minimum atomic E-state index is -3.40. The van der Waals surface area contributed by atoms with Gasteiger partial charge in [0.15, 0.2) is 0 Å². The lowest BCUT2D eigenvalue weighted by Gasteiger charge is -2.29. The molecule has 0 radical (unpaired) electrons. The van der Waals surface area contributed by atoms with Gasteiger partial charge in [-0.05, 0) is 31.9 Å². The maximum atomic E-state index is 13.0. The summed E-state index contributed by atoms with van der Waals surface area (Å²) >= 11 is 0. The van der Waals surface area contributed by atoms with E-state index in [2.05, 4.69) is 24.1 Å². The number of hydrogen-bond acceptors (Lipinski definition) is 3. The van der Waals surface area contributed by atoms with E-state index in [1.807, 2.05) is 7.05 Å². The molecule has 0 unspecified atom stereocenters. The van der Waals surface area contributed by atoms with Gasteiger partial charge in [-0.3, -0.25) is 0 Å². The smallest absolute Gasteiger partial charge is 0.244 e. The van der Waals surface area contributed by atoms with E-state index in [-0.39, 0.29) is 6.04 Å². The first kappa shape index (κ1) is 16.5. The van der Waals surface area contributed by atoms with Crippen molar-refractivity contribution in [2.75, 3.05) is 13.6 Å². The van der Waals surface area contributed by atoms with Crippen molar-refractivity contribution >= 4 is 10.0 Å². The van der Waals surface area contributed by atoms with Crippen LogP contribution in [0.3, 0.4) is 0 Å². The molecule has 1 aliphatic carbocycles. The van der Waals surface area contributed by atoms with Crippen molar-refractivity contribution in [3.05, 3.63) is 18.0 Å². The minimum Gasteiger partial charge on any atom is -0.363 e. The number of rotatable bonds is 7.